The van der Waals surface area contributed by atoms with E-state index in [0.717, 1.165) is 11.8 Å². The molecule has 6 heteroatoms. The van der Waals surface area contributed by atoms with Gasteiger partial charge in [0.1, 0.15) is 22.8 Å². The molecule has 6 nitrogen and oxygen atoms in total. The van der Waals surface area contributed by atoms with Gasteiger partial charge in [0, 0.05) is 24.6 Å². The maximum Gasteiger partial charge on any atom is 0.328 e. The fraction of sp³-hybridized carbons (Fsp3) is 0.143. The third-order valence-corrected chi connectivity index (χ3v) is 3.68. The van der Waals surface area contributed by atoms with Crippen LogP contribution < -0.4 is 14.9 Å². The highest BCUT2D eigenvalue weighted by Gasteiger charge is 2.06. The maximum atomic E-state index is 12.1. The zero-order valence-electron chi connectivity index (χ0n) is 14.5. The molecule has 0 aliphatic carbocycles. The predicted octanol–water partition coefficient (Wildman–Crippen LogP) is 3.74. The van der Waals surface area contributed by atoms with Gasteiger partial charge in [-0.3, -0.25) is 4.79 Å². The Morgan fingerprint density at radius 2 is 1.74 bits per heavy atom. The van der Waals surface area contributed by atoms with Crippen LogP contribution in [0.15, 0.2) is 69.9 Å². The number of carboxylic acid groups (broad SMARTS) is 1. The first-order valence-electron chi connectivity index (χ1n) is 8.41. The first-order valence-corrected chi connectivity index (χ1v) is 8.41. The Morgan fingerprint density at radius 1 is 1.00 bits per heavy atom. The van der Waals surface area contributed by atoms with Crippen LogP contribution in [0.25, 0.3) is 17.0 Å². The molecule has 1 aromatic heterocycles. The number of carbonyl (C=O) groups is 1. The lowest BCUT2D eigenvalue weighted by Crippen LogP contribution is -2.05. The summed E-state index contributed by atoms with van der Waals surface area (Å²) in [4.78, 5) is 22.7. The van der Waals surface area contributed by atoms with E-state index in [1.165, 1.54) is 12.1 Å². The third-order valence-electron chi connectivity index (χ3n) is 3.68. The van der Waals surface area contributed by atoms with Crippen molar-refractivity contribution >= 4 is 23.0 Å². The lowest BCUT2D eigenvalue weighted by Gasteiger charge is -2.08. The van der Waals surface area contributed by atoms with Crippen molar-refractivity contribution in [3.8, 4) is 11.5 Å². The molecular formula is C21H18O6. The Morgan fingerprint density at radius 3 is 2.48 bits per heavy atom. The molecule has 0 spiro atoms. The van der Waals surface area contributed by atoms with Gasteiger partial charge in [0.15, 0.2) is 5.43 Å². The van der Waals surface area contributed by atoms with Crippen molar-refractivity contribution < 1.29 is 23.8 Å². The highest BCUT2D eigenvalue weighted by Crippen LogP contribution is 2.20. The van der Waals surface area contributed by atoms with Gasteiger partial charge in [-0.05, 0) is 30.3 Å². The summed E-state index contributed by atoms with van der Waals surface area (Å²) in [5, 5.41) is 9.08. The van der Waals surface area contributed by atoms with Gasteiger partial charge in [0.25, 0.3) is 0 Å². The number of para-hydroxylation sites is 1. The van der Waals surface area contributed by atoms with E-state index in [4.69, 9.17) is 19.0 Å². The molecule has 0 aliphatic rings. The monoisotopic (exact) mass is 366 g/mol. The number of rotatable bonds is 8. The Labute approximate surface area is 155 Å². The lowest BCUT2D eigenvalue weighted by molar-refractivity contribution is -0.131. The maximum absolute atomic E-state index is 12.1. The van der Waals surface area contributed by atoms with Gasteiger partial charge >= 0.3 is 5.97 Å². The molecule has 1 heterocycles. The molecular weight excluding hydrogens is 348 g/mol. The minimum atomic E-state index is -1.12. The van der Waals surface area contributed by atoms with Crippen molar-refractivity contribution in [2.75, 3.05) is 13.2 Å². The molecule has 0 saturated heterocycles. The highest BCUT2D eigenvalue weighted by atomic mass is 16.5. The highest BCUT2D eigenvalue weighted by molar-refractivity contribution is 5.85. The normalized spacial score (nSPS) is 11.0. The van der Waals surface area contributed by atoms with Crippen LogP contribution in [0.5, 0.6) is 11.5 Å². The second-order valence-electron chi connectivity index (χ2n) is 5.71. The number of ether oxygens (including phenoxy) is 2. The van der Waals surface area contributed by atoms with Gasteiger partial charge in [0.2, 0.25) is 0 Å². The summed E-state index contributed by atoms with van der Waals surface area (Å²) in [5.74, 6) is 0.424. The summed E-state index contributed by atoms with van der Waals surface area (Å²) in [6.45, 7) is 0.970. The summed E-state index contributed by atoms with van der Waals surface area (Å²) in [7, 11) is 0. The zero-order valence-corrected chi connectivity index (χ0v) is 14.5. The van der Waals surface area contributed by atoms with Gasteiger partial charge < -0.3 is 19.0 Å². The second-order valence-corrected chi connectivity index (χ2v) is 5.71. The van der Waals surface area contributed by atoms with Crippen molar-refractivity contribution in [3.05, 3.63) is 76.7 Å². The van der Waals surface area contributed by atoms with Crippen molar-refractivity contribution in [3.63, 3.8) is 0 Å². The van der Waals surface area contributed by atoms with Gasteiger partial charge in [-0.15, -0.1) is 0 Å². The molecule has 0 unspecified atom stereocenters. The summed E-state index contributed by atoms with van der Waals surface area (Å²) < 4.78 is 16.8. The fourth-order valence-corrected chi connectivity index (χ4v) is 2.44. The summed E-state index contributed by atoms with van der Waals surface area (Å²) >= 11 is 0. The van der Waals surface area contributed by atoms with E-state index in [1.807, 2.05) is 30.3 Å². The first-order chi connectivity index (χ1) is 13.1. The minimum Gasteiger partial charge on any atom is -0.493 e. The SMILES string of the molecule is O=C(O)C=Cc1cc(=O)c2ccc(OCCCOc3ccccc3)cc2o1. The summed E-state index contributed by atoms with van der Waals surface area (Å²) in [6.07, 6.45) is 2.84. The lowest BCUT2D eigenvalue weighted by atomic mass is 10.2. The number of benzene rings is 2. The van der Waals surface area contributed by atoms with Crippen LogP contribution in [0.4, 0.5) is 0 Å². The molecule has 2 aromatic carbocycles. The fourth-order valence-electron chi connectivity index (χ4n) is 2.44. The van der Waals surface area contributed by atoms with Gasteiger partial charge in [-0.1, -0.05) is 18.2 Å². The largest absolute Gasteiger partial charge is 0.493 e. The van der Waals surface area contributed by atoms with Crippen molar-refractivity contribution in [2.24, 2.45) is 0 Å². The van der Waals surface area contributed by atoms with Crippen LogP contribution >= 0.6 is 0 Å². The smallest absolute Gasteiger partial charge is 0.328 e. The molecule has 138 valence electrons. The van der Waals surface area contributed by atoms with E-state index in [-0.39, 0.29) is 11.2 Å². The Kier molecular flexibility index (Phi) is 5.89. The molecule has 3 rings (SSSR count). The van der Waals surface area contributed by atoms with E-state index in [9.17, 15) is 9.59 Å². The van der Waals surface area contributed by atoms with E-state index < -0.39 is 5.97 Å². The van der Waals surface area contributed by atoms with Crippen molar-refractivity contribution in [2.45, 2.75) is 6.42 Å². The van der Waals surface area contributed by atoms with Crippen LogP contribution in [-0.4, -0.2) is 24.3 Å². The van der Waals surface area contributed by atoms with Crippen LogP contribution in [0.3, 0.4) is 0 Å². The van der Waals surface area contributed by atoms with Crippen LogP contribution in [0.2, 0.25) is 0 Å². The molecule has 1 N–H and O–H groups in total. The number of hydrogen-bond acceptors (Lipinski definition) is 5. The third kappa shape index (κ3) is 5.22. The first kappa shape index (κ1) is 18.3. The van der Waals surface area contributed by atoms with Crippen LogP contribution in [0, 0.1) is 0 Å². The molecule has 0 atom stereocenters. The summed E-state index contributed by atoms with van der Waals surface area (Å²) in [5.41, 5.74) is 0.0923. The number of fused-ring (bicyclic) bond motifs is 1. The molecule has 0 amide bonds. The Balaban J connectivity index is 1.61. The van der Waals surface area contributed by atoms with Crippen molar-refractivity contribution in [1.29, 1.82) is 0 Å². The van der Waals surface area contributed by atoms with Gasteiger partial charge in [0.05, 0.1) is 18.6 Å². The Hall–Kier alpha value is -3.54. The van der Waals surface area contributed by atoms with E-state index in [2.05, 4.69) is 0 Å². The minimum absolute atomic E-state index is 0.170. The second kappa shape index (κ2) is 8.71. The van der Waals surface area contributed by atoms with E-state index >= 15 is 0 Å². The zero-order chi connectivity index (χ0) is 19.1. The predicted molar refractivity (Wildman–Crippen MR) is 101 cm³/mol. The standard InChI is InChI=1S/C21H18O6/c22-19-13-17(8-10-21(23)24)27-20-14-16(7-9-18(19)20)26-12-4-11-25-15-5-2-1-3-6-15/h1-3,5-10,13-14H,4,11-12H2,(H,23,24). The molecule has 0 radical (unpaired) electrons. The average molecular weight is 366 g/mol. The Bertz CT molecular complexity index is 1000. The number of aliphatic carboxylic acids is 1. The summed E-state index contributed by atoms with van der Waals surface area (Å²) in [6, 6.07) is 15.7. The van der Waals surface area contributed by atoms with Crippen LogP contribution in [0.1, 0.15) is 12.2 Å². The molecule has 0 fully saturated rings. The molecule has 0 bridgehead atoms. The van der Waals surface area contributed by atoms with Gasteiger partial charge in [-0.25, -0.2) is 4.79 Å². The number of carboxylic acids is 1. The molecule has 3 aromatic rings. The van der Waals surface area contributed by atoms with Crippen LogP contribution in [-0.2, 0) is 4.79 Å². The topological polar surface area (TPSA) is 86.0 Å². The molecule has 0 saturated carbocycles. The average Bonchev–Trinajstić information content (AvgIpc) is 2.67. The molecule has 27 heavy (non-hydrogen) atoms. The number of hydrogen-bond donors (Lipinski definition) is 1. The van der Waals surface area contributed by atoms with Gasteiger partial charge in [-0.2, -0.15) is 0 Å². The van der Waals surface area contributed by atoms with E-state index in [1.54, 1.807) is 18.2 Å². The quantitative estimate of drug-likeness (QED) is 0.483. The van der Waals surface area contributed by atoms with Crippen molar-refractivity contribution in [1.82, 2.24) is 0 Å². The van der Waals surface area contributed by atoms with E-state index in [0.29, 0.717) is 36.4 Å². The molecule has 0 aliphatic heterocycles.